The van der Waals surface area contributed by atoms with Gasteiger partial charge < -0.3 is 24.3 Å². The number of anilines is 1. The SMILES string of the molecule is COc1cc(C(=O)O[C@@H](C)C(=O)Nc2cc(C)ccc2C)cc(OC)c1OC. The Morgan fingerprint density at radius 2 is 1.54 bits per heavy atom. The van der Waals surface area contributed by atoms with E-state index in [1.54, 1.807) is 0 Å². The molecule has 150 valence electrons. The van der Waals surface area contributed by atoms with Crippen molar-refractivity contribution in [3.8, 4) is 17.2 Å². The van der Waals surface area contributed by atoms with E-state index in [4.69, 9.17) is 18.9 Å². The van der Waals surface area contributed by atoms with Crippen molar-refractivity contribution < 1.29 is 28.5 Å². The number of hydrogen-bond acceptors (Lipinski definition) is 6. The van der Waals surface area contributed by atoms with Crippen molar-refractivity contribution >= 4 is 17.6 Å². The van der Waals surface area contributed by atoms with Crippen molar-refractivity contribution in [2.75, 3.05) is 26.6 Å². The van der Waals surface area contributed by atoms with E-state index in [9.17, 15) is 9.59 Å². The second-order valence-electron chi connectivity index (χ2n) is 6.27. The van der Waals surface area contributed by atoms with E-state index in [-0.39, 0.29) is 5.56 Å². The molecule has 2 rings (SSSR count). The van der Waals surface area contributed by atoms with Crippen LogP contribution in [-0.2, 0) is 9.53 Å². The van der Waals surface area contributed by atoms with Crippen LogP contribution < -0.4 is 19.5 Å². The first-order chi connectivity index (χ1) is 13.3. The van der Waals surface area contributed by atoms with Crippen LogP contribution in [0.15, 0.2) is 30.3 Å². The molecule has 1 amide bonds. The zero-order chi connectivity index (χ0) is 20.8. The summed E-state index contributed by atoms with van der Waals surface area (Å²) in [6.07, 6.45) is -0.994. The number of amides is 1. The molecule has 0 saturated carbocycles. The monoisotopic (exact) mass is 387 g/mol. The largest absolute Gasteiger partial charge is 0.493 e. The highest BCUT2D eigenvalue weighted by atomic mass is 16.5. The molecule has 0 aliphatic heterocycles. The van der Waals surface area contributed by atoms with Gasteiger partial charge in [0.2, 0.25) is 5.75 Å². The first-order valence-electron chi connectivity index (χ1n) is 8.69. The molecule has 0 radical (unpaired) electrons. The lowest BCUT2D eigenvalue weighted by molar-refractivity contribution is -0.123. The maximum absolute atomic E-state index is 12.5. The predicted molar refractivity (Wildman–Crippen MR) is 106 cm³/mol. The van der Waals surface area contributed by atoms with Crippen LogP contribution in [0.1, 0.15) is 28.4 Å². The summed E-state index contributed by atoms with van der Waals surface area (Å²) in [6.45, 7) is 5.33. The van der Waals surface area contributed by atoms with E-state index < -0.39 is 18.0 Å². The molecular formula is C21H25NO6. The van der Waals surface area contributed by atoms with Gasteiger partial charge in [-0.05, 0) is 50.1 Å². The average molecular weight is 387 g/mol. The van der Waals surface area contributed by atoms with E-state index in [0.29, 0.717) is 22.9 Å². The van der Waals surface area contributed by atoms with Crippen molar-refractivity contribution in [3.63, 3.8) is 0 Å². The normalized spacial score (nSPS) is 11.4. The lowest BCUT2D eigenvalue weighted by Crippen LogP contribution is -2.30. The molecule has 0 bridgehead atoms. The molecule has 0 aromatic heterocycles. The Balaban J connectivity index is 2.15. The maximum Gasteiger partial charge on any atom is 0.339 e. The zero-order valence-electron chi connectivity index (χ0n) is 16.9. The fraction of sp³-hybridized carbons (Fsp3) is 0.333. The lowest BCUT2D eigenvalue weighted by Gasteiger charge is -2.17. The Morgan fingerprint density at radius 3 is 2.07 bits per heavy atom. The number of carbonyl (C=O) groups excluding carboxylic acids is 2. The van der Waals surface area contributed by atoms with Crippen LogP contribution in [-0.4, -0.2) is 39.3 Å². The van der Waals surface area contributed by atoms with Gasteiger partial charge in [0, 0.05) is 5.69 Å². The number of carbonyl (C=O) groups is 2. The van der Waals surface area contributed by atoms with Crippen LogP contribution in [0.3, 0.4) is 0 Å². The van der Waals surface area contributed by atoms with E-state index in [0.717, 1.165) is 11.1 Å². The number of hydrogen-bond donors (Lipinski definition) is 1. The van der Waals surface area contributed by atoms with Crippen LogP contribution in [0.2, 0.25) is 0 Å². The van der Waals surface area contributed by atoms with Crippen LogP contribution in [0.25, 0.3) is 0 Å². The van der Waals surface area contributed by atoms with Gasteiger partial charge >= 0.3 is 5.97 Å². The number of methoxy groups -OCH3 is 3. The Hall–Kier alpha value is -3.22. The summed E-state index contributed by atoms with van der Waals surface area (Å²) in [5.41, 5.74) is 2.80. The highest BCUT2D eigenvalue weighted by molar-refractivity contribution is 5.98. The van der Waals surface area contributed by atoms with Gasteiger partial charge in [0.1, 0.15) is 0 Å². The molecule has 7 nitrogen and oxygen atoms in total. The molecule has 0 unspecified atom stereocenters. The summed E-state index contributed by atoms with van der Waals surface area (Å²) >= 11 is 0. The zero-order valence-corrected chi connectivity index (χ0v) is 16.9. The topological polar surface area (TPSA) is 83.1 Å². The molecule has 2 aromatic rings. The van der Waals surface area contributed by atoms with Gasteiger partial charge in [-0.25, -0.2) is 4.79 Å². The van der Waals surface area contributed by atoms with Gasteiger partial charge in [0.15, 0.2) is 17.6 Å². The summed E-state index contributed by atoms with van der Waals surface area (Å²) in [4.78, 5) is 24.9. The molecule has 1 N–H and O–H groups in total. The smallest absolute Gasteiger partial charge is 0.339 e. The minimum atomic E-state index is -0.994. The van der Waals surface area contributed by atoms with Gasteiger partial charge in [-0.2, -0.15) is 0 Å². The van der Waals surface area contributed by atoms with E-state index in [2.05, 4.69) is 5.32 Å². The first kappa shape index (κ1) is 21.1. The fourth-order valence-electron chi connectivity index (χ4n) is 2.59. The number of rotatable bonds is 7. The average Bonchev–Trinajstić information content (AvgIpc) is 2.69. The molecule has 7 heteroatoms. The Labute approximate surface area is 164 Å². The summed E-state index contributed by atoms with van der Waals surface area (Å²) in [7, 11) is 4.37. The molecule has 2 aromatic carbocycles. The number of aryl methyl sites for hydroxylation is 2. The Morgan fingerprint density at radius 1 is 0.929 bits per heavy atom. The third-order valence-electron chi connectivity index (χ3n) is 4.20. The number of benzene rings is 2. The Bertz CT molecular complexity index is 852. The summed E-state index contributed by atoms with van der Waals surface area (Å²) in [5, 5.41) is 2.79. The number of nitrogens with one attached hydrogen (secondary N) is 1. The van der Waals surface area contributed by atoms with Crippen molar-refractivity contribution in [3.05, 3.63) is 47.0 Å². The van der Waals surface area contributed by atoms with Crippen molar-refractivity contribution in [2.45, 2.75) is 26.9 Å². The molecule has 0 heterocycles. The second-order valence-corrected chi connectivity index (χ2v) is 6.27. The molecule has 0 saturated heterocycles. The van der Waals surface area contributed by atoms with Gasteiger partial charge in [0.25, 0.3) is 5.91 Å². The summed E-state index contributed by atoms with van der Waals surface area (Å²) < 4.78 is 21.0. The third-order valence-corrected chi connectivity index (χ3v) is 4.20. The van der Waals surface area contributed by atoms with Gasteiger partial charge in [-0.15, -0.1) is 0 Å². The highest BCUT2D eigenvalue weighted by Crippen LogP contribution is 2.38. The molecular weight excluding hydrogens is 362 g/mol. The van der Waals surface area contributed by atoms with Crippen molar-refractivity contribution in [1.29, 1.82) is 0 Å². The van der Waals surface area contributed by atoms with Crippen molar-refractivity contribution in [2.24, 2.45) is 0 Å². The van der Waals surface area contributed by atoms with Crippen LogP contribution in [0, 0.1) is 13.8 Å². The maximum atomic E-state index is 12.5. The molecule has 28 heavy (non-hydrogen) atoms. The Kier molecular flexibility index (Phi) is 6.87. The minimum Gasteiger partial charge on any atom is -0.493 e. The lowest BCUT2D eigenvalue weighted by atomic mass is 10.1. The summed E-state index contributed by atoms with van der Waals surface area (Å²) in [5.74, 6) is -0.0952. The quantitative estimate of drug-likeness (QED) is 0.732. The molecule has 0 fully saturated rings. The van der Waals surface area contributed by atoms with E-state index in [1.807, 2.05) is 32.0 Å². The molecule has 0 aliphatic rings. The fourth-order valence-corrected chi connectivity index (χ4v) is 2.59. The first-order valence-corrected chi connectivity index (χ1v) is 8.69. The molecule has 0 aliphatic carbocycles. The van der Waals surface area contributed by atoms with Crippen molar-refractivity contribution in [1.82, 2.24) is 0 Å². The third kappa shape index (κ3) is 4.73. The summed E-state index contributed by atoms with van der Waals surface area (Å²) in [6, 6.07) is 8.68. The van der Waals surface area contributed by atoms with Gasteiger partial charge in [-0.3, -0.25) is 4.79 Å². The molecule has 0 spiro atoms. The van der Waals surface area contributed by atoms with E-state index >= 15 is 0 Å². The van der Waals surface area contributed by atoms with Gasteiger partial charge in [-0.1, -0.05) is 12.1 Å². The van der Waals surface area contributed by atoms with Crippen LogP contribution >= 0.6 is 0 Å². The number of ether oxygens (including phenoxy) is 4. The van der Waals surface area contributed by atoms with E-state index in [1.165, 1.54) is 40.4 Å². The molecule has 1 atom stereocenters. The van der Waals surface area contributed by atoms with Crippen LogP contribution in [0.5, 0.6) is 17.2 Å². The predicted octanol–water partition coefficient (Wildman–Crippen LogP) is 3.51. The minimum absolute atomic E-state index is 0.181. The second kappa shape index (κ2) is 9.12. The standard InChI is InChI=1S/C21H25NO6/c1-12-7-8-13(2)16(9-12)22-20(23)14(3)28-21(24)15-10-17(25-4)19(27-6)18(11-15)26-5/h7-11,14H,1-6H3,(H,22,23)/t14-/m0/s1. The highest BCUT2D eigenvalue weighted by Gasteiger charge is 2.22. The number of esters is 1. The van der Waals surface area contributed by atoms with Gasteiger partial charge in [0.05, 0.1) is 26.9 Å². The van der Waals surface area contributed by atoms with Crippen LogP contribution in [0.4, 0.5) is 5.69 Å².